The molecule has 0 spiro atoms. The minimum absolute atomic E-state index is 0.141. The van der Waals surface area contributed by atoms with Gasteiger partial charge < -0.3 is 9.47 Å². The molecule has 1 saturated carbocycles. The van der Waals surface area contributed by atoms with Crippen LogP contribution in [0, 0.1) is 29.5 Å². The van der Waals surface area contributed by atoms with E-state index in [0.29, 0.717) is 33.7 Å². The molecule has 2 aliphatic carbocycles. The molecule has 0 radical (unpaired) electrons. The number of hydrogen-bond acceptors (Lipinski definition) is 5. The normalized spacial score (nSPS) is 25.4. The van der Waals surface area contributed by atoms with Crippen molar-refractivity contribution in [3.63, 3.8) is 0 Å². The topological polar surface area (TPSA) is 68.2 Å². The summed E-state index contributed by atoms with van der Waals surface area (Å²) >= 11 is 3.50. The molecule has 2 amide bonds. The second-order valence-electron chi connectivity index (χ2n) is 8.40. The lowest BCUT2D eigenvalue weighted by Gasteiger charge is -2.15. The maximum atomic E-state index is 13.4. The van der Waals surface area contributed by atoms with Gasteiger partial charge in [0.15, 0.2) is 11.5 Å². The molecule has 3 aliphatic rings. The quantitative estimate of drug-likeness (QED) is 0.306. The molecule has 6 nitrogen and oxygen atoms in total. The summed E-state index contributed by atoms with van der Waals surface area (Å²) in [6.07, 6.45) is 6.47. The fraction of sp³-hybridized carbons (Fsp3) is 0.320. The third-order valence-electron chi connectivity index (χ3n) is 6.41. The van der Waals surface area contributed by atoms with Gasteiger partial charge in [-0.3, -0.25) is 9.59 Å². The zero-order chi connectivity index (χ0) is 23.1. The minimum atomic E-state index is -0.326. The molecular formula is C25H22BrFN2O4. The molecule has 33 heavy (non-hydrogen) atoms. The van der Waals surface area contributed by atoms with Gasteiger partial charge in [0.25, 0.3) is 11.8 Å². The summed E-state index contributed by atoms with van der Waals surface area (Å²) in [5.74, 6) is -0.106. The Balaban J connectivity index is 1.35. The molecule has 1 aliphatic heterocycles. The molecule has 8 heteroatoms. The Morgan fingerprint density at radius 2 is 1.79 bits per heavy atom. The molecule has 170 valence electrons. The molecule has 2 aromatic carbocycles. The van der Waals surface area contributed by atoms with E-state index in [1.165, 1.54) is 18.3 Å². The molecule has 5 rings (SSSR count). The van der Waals surface area contributed by atoms with E-state index < -0.39 is 0 Å². The first-order chi connectivity index (χ1) is 16.0. The third kappa shape index (κ3) is 3.97. The average Bonchev–Trinajstić information content (AvgIpc) is 3.47. The van der Waals surface area contributed by atoms with E-state index in [1.54, 1.807) is 24.3 Å². The minimum Gasteiger partial charge on any atom is -0.490 e. The summed E-state index contributed by atoms with van der Waals surface area (Å²) in [5, 5.41) is 5.26. The van der Waals surface area contributed by atoms with Crippen LogP contribution in [0.1, 0.15) is 24.5 Å². The Hall–Kier alpha value is -3.00. The second-order valence-corrected chi connectivity index (χ2v) is 9.26. The lowest BCUT2D eigenvalue weighted by atomic mass is 9.85. The number of benzene rings is 2. The second kappa shape index (κ2) is 8.74. The van der Waals surface area contributed by atoms with E-state index in [2.05, 4.69) is 33.2 Å². The summed E-state index contributed by atoms with van der Waals surface area (Å²) in [6, 6.07) is 9.67. The third-order valence-corrected chi connectivity index (χ3v) is 7.09. The highest BCUT2D eigenvalue weighted by molar-refractivity contribution is 9.10. The van der Waals surface area contributed by atoms with Crippen LogP contribution in [-0.4, -0.2) is 29.6 Å². The number of imide groups is 1. The Bertz CT molecular complexity index is 1150. The highest BCUT2D eigenvalue weighted by atomic mass is 79.9. The van der Waals surface area contributed by atoms with E-state index in [1.807, 2.05) is 6.92 Å². The first kappa shape index (κ1) is 21.8. The van der Waals surface area contributed by atoms with Gasteiger partial charge in [0, 0.05) is 10.0 Å². The monoisotopic (exact) mass is 512 g/mol. The largest absolute Gasteiger partial charge is 0.490 e. The standard InChI is InChI=1S/C25H22BrFN2O4/c1-2-32-20-10-17(19(26)11-21(20)33-13-14-4-3-5-18(27)8-14)12-28-29-24(30)22-15-6-7-16(9-15)23(22)25(29)31/h3-8,10-12,15-16,22-23H,2,9,13H2,1H3/t15-,16-,22-,23+/m0/s1. The summed E-state index contributed by atoms with van der Waals surface area (Å²) in [6.45, 7) is 2.44. The molecule has 2 bridgehead atoms. The van der Waals surface area contributed by atoms with Crippen LogP contribution >= 0.6 is 15.9 Å². The van der Waals surface area contributed by atoms with Crippen LogP contribution < -0.4 is 9.47 Å². The molecule has 0 N–H and O–H groups in total. The van der Waals surface area contributed by atoms with Gasteiger partial charge in [-0.05, 0) is 70.9 Å². The van der Waals surface area contributed by atoms with Crippen LogP contribution in [0.4, 0.5) is 4.39 Å². The lowest BCUT2D eigenvalue weighted by molar-refractivity contribution is -0.140. The molecule has 2 fully saturated rings. The van der Waals surface area contributed by atoms with Crippen molar-refractivity contribution in [2.24, 2.45) is 28.8 Å². The van der Waals surface area contributed by atoms with Crippen LogP contribution in [-0.2, 0) is 16.2 Å². The van der Waals surface area contributed by atoms with E-state index in [-0.39, 0.29) is 47.9 Å². The van der Waals surface area contributed by atoms with Crippen LogP contribution in [0.2, 0.25) is 0 Å². The Morgan fingerprint density at radius 3 is 2.45 bits per heavy atom. The fourth-order valence-corrected chi connectivity index (χ4v) is 5.36. The molecule has 1 saturated heterocycles. The Morgan fingerprint density at radius 1 is 1.09 bits per heavy atom. The Kier molecular flexibility index (Phi) is 5.78. The SMILES string of the molecule is CCOc1cc(C=NN2C(=O)[C@@H]3[C@H](C2=O)[C@H]2C=C[C@H]3C2)c(Br)cc1OCc1cccc(F)c1. The molecule has 0 unspecified atom stereocenters. The van der Waals surface area contributed by atoms with Crippen LogP contribution in [0.5, 0.6) is 11.5 Å². The summed E-state index contributed by atoms with van der Waals surface area (Å²) in [4.78, 5) is 25.7. The Labute approximate surface area is 199 Å². The van der Waals surface area contributed by atoms with Gasteiger partial charge in [0.1, 0.15) is 12.4 Å². The number of ether oxygens (including phenoxy) is 2. The maximum absolute atomic E-state index is 13.4. The molecule has 0 aromatic heterocycles. The number of allylic oxidation sites excluding steroid dienone is 2. The smallest absolute Gasteiger partial charge is 0.254 e. The number of carbonyl (C=O) groups excluding carboxylic acids is 2. The zero-order valence-electron chi connectivity index (χ0n) is 17.9. The van der Waals surface area contributed by atoms with Crippen molar-refractivity contribution in [1.29, 1.82) is 0 Å². The highest BCUT2D eigenvalue weighted by Gasteiger charge is 2.59. The first-order valence-corrected chi connectivity index (χ1v) is 11.7. The van der Waals surface area contributed by atoms with Gasteiger partial charge in [-0.1, -0.05) is 24.3 Å². The number of hydrazone groups is 1. The predicted octanol–water partition coefficient (Wildman–Crippen LogP) is 4.71. The van der Waals surface area contributed by atoms with Gasteiger partial charge in [0.2, 0.25) is 0 Å². The summed E-state index contributed by atoms with van der Waals surface area (Å²) < 4.78 is 25.7. The van der Waals surface area contributed by atoms with Gasteiger partial charge in [-0.2, -0.15) is 10.1 Å². The van der Waals surface area contributed by atoms with E-state index in [9.17, 15) is 14.0 Å². The number of fused-ring (bicyclic) bond motifs is 5. The maximum Gasteiger partial charge on any atom is 0.254 e. The van der Waals surface area contributed by atoms with Crippen LogP contribution in [0.15, 0.2) is 58.1 Å². The van der Waals surface area contributed by atoms with Gasteiger partial charge in [-0.15, -0.1) is 0 Å². The fourth-order valence-electron chi connectivity index (χ4n) is 4.94. The molecule has 4 atom stereocenters. The van der Waals surface area contributed by atoms with E-state index >= 15 is 0 Å². The number of rotatable bonds is 7. The zero-order valence-corrected chi connectivity index (χ0v) is 19.5. The predicted molar refractivity (Wildman–Crippen MR) is 123 cm³/mol. The van der Waals surface area contributed by atoms with Crippen LogP contribution in [0.3, 0.4) is 0 Å². The van der Waals surface area contributed by atoms with Gasteiger partial charge >= 0.3 is 0 Å². The van der Waals surface area contributed by atoms with Crippen molar-refractivity contribution in [3.8, 4) is 11.5 Å². The van der Waals surface area contributed by atoms with Crippen molar-refractivity contribution >= 4 is 34.0 Å². The van der Waals surface area contributed by atoms with Crippen molar-refractivity contribution in [2.75, 3.05) is 6.61 Å². The van der Waals surface area contributed by atoms with Crippen molar-refractivity contribution in [1.82, 2.24) is 5.01 Å². The van der Waals surface area contributed by atoms with Crippen LogP contribution in [0.25, 0.3) is 0 Å². The van der Waals surface area contributed by atoms with E-state index in [0.717, 1.165) is 11.4 Å². The van der Waals surface area contributed by atoms with Crippen molar-refractivity contribution in [2.45, 2.75) is 20.0 Å². The number of carbonyl (C=O) groups is 2. The molecular weight excluding hydrogens is 491 g/mol. The van der Waals surface area contributed by atoms with Crippen molar-refractivity contribution < 1.29 is 23.5 Å². The van der Waals surface area contributed by atoms with E-state index in [4.69, 9.17) is 9.47 Å². The summed E-state index contributed by atoms with van der Waals surface area (Å²) in [5.41, 5.74) is 1.33. The lowest BCUT2D eigenvalue weighted by Crippen LogP contribution is -2.28. The van der Waals surface area contributed by atoms with Gasteiger partial charge in [-0.25, -0.2) is 4.39 Å². The molecule has 1 heterocycles. The molecule has 2 aromatic rings. The highest BCUT2D eigenvalue weighted by Crippen LogP contribution is 2.52. The average molecular weight is 513 g/mol. The van der Waals surface area contributed by atoms with Crippen molar-refractivity contribution in [3.05, 3.63) is 70.0 Å². The first-order valence-electron chi connectivity index (χ1n) is 10.9. The van der Waals surface area contributed by atoms with Gasteiger partial charge in [0.05, 0.1) is 24.7 Å². The number of amides is 2. The number of nitrogens with zero attached hydrogens (tertiary/aromatic N) is 2. The number of halogens is 2. The summed E-state index contributed by atoms with van der Waals surface area (Å²) in [7, 11) is 0. The number of hydrogen-bond donors (Lipinski definition) is 0.